The number of hydrazine groups is 1. The molecule has 0 saturated heterocycles. The maximum Gasteiger partial charge on any atom is 0.245 e. The van der Waals surface area contributed by atoms with Crippen molar-refractivity contribution in [3.63, 3.8) is 0 Å². The Morgan fingerprint density at radius 2 is 1.74 bits per heavy atom. The fourth-order valence-corrected chi connectivity index (χ4v) is 2.09. The molecule has 1 aliphatic rings. The third kappa shape index (κ3) is 2.85. The average Bonchev–Trinajstić information content (AvgIpc) is 2.41. The predicted octanol–water partition coefficient (Wildman–Crippen LogP) is 2.42. The number of halogens is 1. The van der Waals surface area contributed by atoms with Crippen LogP contribution < -0.4 is 5.43 Å². The lowest BCUT2D eigenvalue weighted by Crippen LogP contribution is -2.40. The van der Waals surface area contributed by atoms with Crippen molar-refractivity contribution in [2.75, 3.05) is 5.43 Å². The number of fused-ring (bicyclic) bond motifs is 1. The molecule has 1 N–H and O–H groups in total. The Labute approximate surface area is 117 Å². The van der Waals surface area contributed by atoms with Crippen LogP contribution in [-0.2, 0) is 17.8 Å². The highest BCUT2D eigenvalue weighted by Gasteiger charge is 2.22. The predicted molar refractivity (Wildman–Crippen MR) is 75.8 cm³/mol. The minimum atomic E-state index is 0. The topological polar surface area (TPSA) is 45.2 Å². The lowest BCUT2D eigenvalue weighted by atomic mass is 10.0. The number of carbonyl (C=O) groups is 1. The fraction of sp³-hybridized carbons (Fsp3) is 0.143. The monoisotopic (exact) mass is 275 g/mol. The number of benzene rings is 1. The van der Waals surface area contributed by atoms with Gasteiger partial charge in [0.15, 0.2) is 0 Å². The summed E-state index contributed by atoms with van der Waals surface area (Å²) in [5.41, 5.74) is 6.30. The van der Waals surface area contributed by atoms with Crippen molar-refractivity contribution in [1.29, 1.82) is 0 Å². The first kappa shape index (κ1) is 13.4. The smallest absolute Gasteiger partial charge is 0.245 e. The summed E-state index contributed by atoms with van der Waals surface area (Å²) in [6.07, 6.45) is 3.85. The minimum absolute atomic E-state index is 0. The fourth-order valence-electron chi connectivity index (χ4n) is 2.09. The van der Waals surface area contributed by atoms with Crippen molar-refractivity contribution in [2.45, 2.75) is 13.0 Å². The van der Waals surface area contributed by atoms with Gasteiger partial charge >= 0.3 is 0 Å². The number of amides is 1. The van der Waals surface area contributed by atoms with E-state index in [4.69, 9.17) is 0 Å². The molecule has 5 heteroatoms. The molecule has 1 aliphatic heterocycles. The van der Waals surface area contributed by atoms with E-state index in [0.29, 0.717) is 13.0 Å². The molecule has 0 spiro atoms. The highest BCUT2D eigenvalue weighted by Crippen LogP contribution is 2.20. The Kier molecular flexibility index (Phi) is 4.02. The molecular weight excluding hydrogens is 262 g/mol. The lowest BCUT2D eigenvalue weighted by Gasteiger charge is -2.29. The zero-order valence-corrected chi connectivity index (χ0v) is 11.1. The number of anilines is 1. The summed E-state index contributed by atoms with van der Waals surface area (Å²) in [7, 11) is 0. The van der Waals surface area contributed by atoms with Crippen molar-refractivity contribution in [1.82, 2.24) is 9.99 Å². The van der Waals surface area contributed by atoms with Gasteiger partial charge in [0.25, 0.3) is 0 Å². The van der Waals surface area contributed by atoms with Gasteiger partial charge in [-0.25, -0.2) is 0 Å². The molecule has 0 unspecified atom stereocenters. The third-order valence-corrected chi connectivity index (χ3v) is 3.03. The van der Waals surface area contributed by atoms with Crippen LogP contribution in [0.25, 0.3) is 0 Å². The second-order valence-electron chi connectivity index (χ2n) is 4.27. The van der Waals surface area contributed by atoms with Crippen LogP contribution >= 0.6 is 12.4 Å². The number of carbonyl (C=O) groups excluding carboxylic acids is 1. The maximum absolute atomic E-state index is 12.0. The zero-order chi connectivity index (χ0) is 12.4. The number of hydrogen-bond acceptors (Lipinski definition) is 3. The van der Waals surface area contributed by atoms with Gasteiger partial charge in [0.2, 0.25) is 5.91 Å². The summed E-state index contributed by atoms with van der Waals surface area (Å²) >= 11 is 0. The Morgan fingerprint density at radius 1 is 1.05 bits per heavy atom. The lowest BCUT2D eigenvalue weighted by molar-refractivity contribution is -0.130. The van der Waals surface area contributed by atoms with E-state index in [1.54, 1.807) is 17.4 Å². The molecule has 1 aromatic heterocycles. The molecule has 0 atom stereocenters. The van der Waals surface area contributed by atoms with Crippen LogP contribution in [0, 0.1) is 0 Å². The van der Waals surface area contributed by atoms with Gasteiger partial charge in [-0.05, 0) is 23.3 Å². The van der Waals surface area contributed by atoms with E-state index in [1.165, 1.54) is 5.56 Å². The molecule has 4 nitrogen and oxygen atoms in total. The third-order valence-electron chi connectivity index (χ3n) is 3.03. The zero-order valence-electron chi connectivity index (χ0n) is 10.2. The van der Waals surface area contributed by atoms with Crippen LogP contribution in [0.4, 0.5) is 5.69 Å². The van der Waals surface area contributed by atoms with Crippen molar-refractivity contribution in [2.24, 2.45) is 0 Å². The molecular formula is C14H14ClN3O. The number of nitrogens with zero attached hydrogens (tertiary/aromatic N) is 2. The summed E-state index contributed by atoms with van der Waals surface area (Å²) in [6.45, 7) is 0.595. The molecule has 0 saturated carbocycles. The molecule has 0 fully saturated rings. The van der Waals surface area contributed by atoms with E-state index in [9.17, 15) is 4.79 Å². The molecule has 1 amide bonds. The van der Waals surface area contributed by atoms with Gasteiger partial charge in [-0.15, -0.1) is 12.4 Å². The molecule has 2 aromatic rings. The second kappa shape index (κ2) is 5.71. The highest BCUT2D eigenvalue weighted by molar-refractivity contribution is 5.85. The van der Waals surface area contributed by atoms with Crippen molar-refractivity contribution < 1.29 is 4.79 Å². The number of hydrogen-bond donors (Lipinski definition) is 1. The molecule has 98 valence electrons. The Morgan fingerprint density at radius 3 is 2.47 bits per heavy atom. The van der Waals surface area contributed by atoms with E-state index in [-0.39, 0.29) is 18.3 Å². The van der Waals surface area contributed by atoms with E-state index in [1.807, 2.05) is 30.3 Å². The molecule has 1 aromatic carbocycles. The van der Waals surface area contributed by atoms with Gasteiger partial charge < -0.3 is 0 Å². The first-order valence-corrected chi connectivity index (χ1v) is 5.87. The summed E-state index contributed by atoms with van der Waals surface area (Å²) < 4.78 is 0. The van der Waals surface area contributed by atoms with Gasteiger partial charge in [-0.2, -0.15) is 0 Å². The number of rotatable bonds is 2. The van der Waals surface area contributed by atoms with Crippen LogP contribution in [0.15, 0.2) is 48.8 Å². The highest BCUT2D eigenvalue weighted by atomic mass is 35.5. The Balaban J connectivity index is 0.00000133. The number of aromatic nitrogens is 1. The van der Waals surface area contributed by atoms with Crippen molar-refractivity contribution in [3.05, 3.63) is 59.9 Å². The molecule has 3 rings (SSSR count). The summed E-state index contributed by atoms with van der Waals surface area (Å²) in [5, 5.41) is 1.65. The SMILES string of the molecule is Cl.O=C1Cc2ccccc2CN1Nc1ccncc1. The number of pyridine rings is 1. The Bertz CT molecular complexity index is 574. The van der Waals surface area contributed by atoms with Crippen molar-refractivity contribution in [3.8, 4) is 0 Å². The molecule has 0 radical (unpaired) electrons. The van der Waals surface area contributed by atoms with Crippen LogP contribution in [0.1, 0.15) is 11.1 Å². The van der Waals surface area contributed by atoms with Gasteiger partial charge in [0.1, 0.15) is 0 Å². The van der Waals surface area contributed by atoms with E-state index in [2.05, 4.69) is 16.5 Å². The normalized spacial score (nSPS) is 13.5. The van der Waals surface area contributed by atoms with Crippen LogP contribution in [0.5, 0.6) is 0 Å². The van der Waals surface area contributed by atoms with Crippen molar-refractivity contribution >= 4 is 24.0 Å². The second-order valence-corrected chi connectivity index (χ2v) is 4.27. The maximum atomic E-state index is 12.0. The first-order chi connectivity index (χ1) is 8.83. The standard InChI is InChI=1S/C14H13N3O.ClH/c18-14-9-11-3-1-2-4-12(11)10-17(14)16-13-5-7-15-8-6-13;/h1-8H,9-10H2,(H,15,16);1H. The van der Waals surface area contributed by atoms with Gasteiger partial charge in [-0.1, -0.05) is 24.3 Å². The first-order valence-electron chi connectivity index (χ1n) is 5.87. The molecule has 2 heterocycles. The summed E-state index contributed by atoms with van der Waals surface area (Å²) in [5.74, 6) is 0.0884. The largest absolute Gasteiger partial charge is 0.296 e. The molecule has 0 aliphatic carbocycles. The van der Waals surface area contributed by atoms with Crippen LogP contribution in [0.2, 0.25) is 0 Å². The average molecular weight is 276 g/mol. The number of nitrogens with one attached hydrogen (secondary N) is 1. The minimum Gasteiger partial charge on any atom is -0.296 e. The van der Waals surface area contributed by atoms with Gasteiger partial charge in [0, 0.05) is 12.4 Å². The van der Waals surface area contributed by atoms with E-state index >= 15 is 0 Å². The van der Waals surface area contributed by atoms with E-state index < -0.39 is 0 Å². The van der Waals surface area contributed by atoms with Crippen LogP contribution in [0.3, 0.4) is 0 Å². The van der Waals surface area contributed by atoms with Gasteiger partial charge in [0.05, 0.1) is 18.7 Å². The quantitative estimate of drug-likeness (QED) is 0.915. The molecule has 0 bridgehead atoms. The Hall–Kier alpha value is -2.07. The van der Waals surface area contributed by atoms with Crippen LogP contribution in [-0.4, -0.2) is 15.9 Å². The summed E-state index contributed by atoms with van der Waals surface area (Å²) in [6, 6.07) is 11.7. The van der Waals surface area contributed by atoms with Gasteiger partial charge in [-0.3, -0.25) is 20.2 Å². The summed E-state index contributed by atoms with van der Waals surface area (Å²) in [4.78, 5) is 16.0. The molecule has 19 heavy (non-hydrogen) atoms. The van der Waals surface area contributed by atoms with E-state index in [0.717, 1.165) is 11.3 Å².